The molecular formula is C18H19F3N5O2+. The van der Waals surface area contributed by atoms with E-state index in [1.165, 1.54) is 14.1 Å². The number of carbonyl (C=O) groups excluding carboxylic acids is 1. The molecule has 0 heterocycles. The smallest absolute Gasteiger partial charge is 0.417 e. The van der Waals surface area contributed by atoms with Crippen LogP contribution in [0.5, 0.6) is 5.75 Å². The zero-order valence-electron chi connectivity index (χ0n) is 15.1. The van der Waals surface area contributed by atoms with Gasteiger partial charge in [0.1, 0.15) is 0 Å². The predicted octanol–water partition coefficient (Wildman–Crippen LogP) is 0.871. The first kappa shape index (κ1) is 20.7. The Hall–Kier alpha value is -3.56. The van der Waals surface area contributed by atoms with Crippen LogP contribution in [0.15, 0.2) is 47.5 Å². The third kappa shape index (κ3) is 4.58. The van der Waals surface area contributed by atoms with Gasteiger partial charge in [-0.15, -0.1) is 0 Å². The molecule has 0 saturated carbocycles. The van der Waals surface area contributed by atoms with Gasteiger partial charge in [0.25, 0.3) is 5.91 Å². The molecule has 0 aromatic heterocycles. The summed E-state index contributed by atoms with van der Waals surface area (Å²) in [5.41, 5.74) is 9.70. The first-order valence-electron chi connectivity index (χ1n) is 7.96. The number of aromatic hydroxyl groups is 1. The average molecular weight is 394 g/mol. The van der Waals surface area contributed by atoms with Crippen LogP contribution in [0.1, 0.15) is 15.9 Å². The number of aliphatic imine (C=N–C) groups is 1. The molecule has 6 N–H and O–H groups in total. The van der Waals surface area contributed by atoms with Crippen molar-refractivity contribution in [2.75, 3.05) is 14.1 Å². The predicted molar refractivity (Wildman–Crippen MR) is 98.7 cm³/mol. The Morgan fingerprint density at radius 1 is 1.11 bits per heavy atom. The van der Waals surface area contributed by atoms with Crippen LogP contribution in [0.2, 0.25) is 0 Å². The van der Waals surface area contributed by atoms with E-state index in [0.717, 1.165) is 11.0 Å². The van der Waals surface area contributed by atoms with Crippen molar-refractivity contribution in [3.63, 3.8) is 0 Å². The molecule has 28 heavy (non-hydrogen) atoms. The largest absolute Gasteiger partial charge is 0.503 e. The van der Waals surface area contributed by atoms with Crippen LogP contribution in [0.25, 0.3) is 0 Å². The zero-order valence-corrected chi connectivity index (χ0v) is 15.1. The molecule has 1 amide bonds. The van der Waals surface area contributed by atoms with Gasteiger partial charge in [-0.1, -0.05) is 18.2 Å². The molecule has 148 valence electrons. The number of alkyl halides is 3. The number of phenolic OH excluding ortho intramolecular Hbond substituents is 1. The highest BCUT2D eigenvalue weighted by atomic mass is 19.4. The summed E-state index contributed by atoms with van der Waals surface area (Å²) in [5.74, 6) is -2.27. The monoisotopic (exact) mass is 394 g/mol. The van der Waals surface area contributed by atoms with Gasteiger partial charge < -0.3 is 15.7 Å². The number of amides is 1. The molecule has 7 nitrogen and oxygen atoms in total. The van der Waals surface area contributed by atoms with Crippen LogP contribution < -0.4 is 16.5 Å². The van der Waals surface area contributed by atoms with Gasteiger partial charge in [0, 0.05) is 14.1 Å². The van der Waals surface area contributed by atoms with Gasteiger partial charge in [-0.25, -0.2) is 9.98 Å². The maximum Gasteiger partial charge on any atom is 0.417 e. The first-order valence-corrected chi connectivity index (χ1v) is 7.96. The summed E-state index contributed by atoms with van der Waals surface area (Å²) in [6.07, 6.45) is -4.83. The summed E-state index contributed by atoms with van der Waals surface area (Å²) < 4.78 is 39.7. The minimum Gasteiger partial charge on any atom is -0.503 e. The van der Waals surface area contributed by atoms with Crippen LogP contribution in [0, 0.1) is 0 Å². The lowest BCUT2D eigenvalue weighted by Crippen LogP contribution is -2.72. The van der Waals surface area contributed by atoms with Crippen LogP contribution in [-0.4, -0.2) is 41.7 Å². The summed E-state index contributed by atoms with van der Waals surface area (Å²) in [7, 11) is 2.54. The van der Waals surface area contributed by atoms with E-state index in [1.54, 1.807) is 30.3 Å². The molecule has 2 aromatic rings. The number of para-hydroxylation sites is 1. The fourth-order valence-corrected chi connectivity index (χ4v) is 2.28. The van der Waals surface area contributed by atoms with Crippen LogP contribution in [-0.2, 0) is 6.18 Å². The fraction of sp³-hybridized carbons (Fsp3) is 0.167. The molecule has 0 aliphatic rings. The van der Waals surface area contributed by atoms with Crippen molar-refractivity contribution in [2.24, 2.45) is 16.5 Å². The molecule has 2 rings (SSSR count). The van der Waals surface area contributed by atoms with E-state index in [-0.39, 0.29) is 17.4 Å². The third-order valence-corrected chi connectivity index (χ3v) is 3.65. The summed E-state index contributed by atoms with van der Waals surface area (Å²) in [6, 6.07) is 10.2. The number of nitrogens with zero attached hydrogens (tertiary/aromatic N) is 2. The summed E-state index contributed by atoms with van der Waals surface area (Å²) in [4.78, 5) is 19.7. The summed E-state index contributed by atoms with van der Waals surface area (Å²) in [6.45, 7) is 0. The van der Waals surface area contributed by atoms with Crippen molar-refractivity contribution < 1.29 is 28.1 Å². The maximum atomic E-state index is 13.2. The number of amidine groups is 2. The summed E-state index contributed by atoms with van der Waals surface area (Å²) >= 11 is 0. The normalized spacial score (nSPS) is 12.8. The van der Waals surface area contributed by atoms with Gasteiger partial charge >= 0.3 is 12.0 Å². The maximum absolute atomic E-state index is 13.2. The first-order chi connectivity index (χ1) is 13.0. The van der Waals surface area contributed by atoms with Gasteiger partial charge in [0.15, 0.2) is 11.4 Å². The van der Waals surface area contributed by atoms with Crippen molar-refractivity contribution >= 4 is 29.0 Å². The second-order valence-electron chi connectivity index (χ2n) is 5.95. The van der Waals surface area contributed by atoms with Crippen molar-refractivity contribution in [2.45, 2.75) is 6.18 Å². The van der Waals surface area contributed by atoms with Gasteiger partial charge in [0.2, 0.25) is 5.84 Å². The lowest BCUT2D eigenvalue weighted by Gasteiger charge is -2.17. The summed E-state index contributed by atoms with van der Waals surface area (Å²) in [5, 5.41) is 10.3. The Morgan fingerprint density at radius 3 is 2.25 bits per heavy atom. The van der Waals surface area contributed by atoms with Crippen molar-refractivity contribution in [3.05, 3.63) is 53.6 Å². The van der Waals surface area contributed by atoms with Crippen molar-refractivity contribution in [1.82, 2.24) is 4.90 Å². The quantitative estimate of drug-likeness (QED) is 0.351. The fourth-order valence-electron chi connectivity index (χ4n) is 2.28. The number of benzene rings is 2. The molecule has 0 fully saturated rings. The molecule has 2 aromatic carbocycles. The van der Waals surface area contributed by atoms with Crippen molar-refractivity contribution in [1.29, 1.82) is 0 Å². The Morgan fingerprint density at radius 2 is 1.71 bits per heavy atom. The van der Waals surface area contributed by atoms with E-state index in [1.807, 2.05) is 0 Å². The number of nitrogens with one attached hydrogen (secondary N) is 1. The molecule has 0 aliphatic carbocycles. The number of phenols is 1. The van der Waals surface area contributed by atoms with Gasteiger partial charge in [0.05, 0.1) is 16.8 Å². The second kappa shape index (κ2) is 7.99. The number of nitrogens with two attached hydrogens (primary N) is 2. The Kier molecular flexibility index (Phi) is 5.92. The zero-order chi connectivity index (χ0) is 21.1. The van der Waals surface area contributed by atoms with Gasteiger partial charge in [-0.2, -0.15) is 13.2 Å². The minimum absolute atomic E-state index is 0.147. The Labute approximate surface area is 158 Å². The van der Waals surface area contributed by atoms with E-state index in [9.17, 15) is 23.1 Å². The van der Waals surface area contributed by atoms with Gasteiger partial charge in [-0.3, -0.25) is 10.5 Å². The van der Waals surface area contributed by atoms with Crippen LogP contribution in [0.4, 0.5) is 24.5 Å². The van der Waals surface area contributed by atoms with Crippen molar-refractivity contribution in [3.8, 4) is 5.75 Å². The average Bonchev–Trinajstić information content (AvgIpc) is 2.62. The SMILES string of the molecule is CN(C)C(=O)c1c(C(F)(F)F)ccc([NH+]=C(N)C(N)=Nc2ccccc2)c1O. The van der Waals surface area contributed by atoms with E-state index >= 15 is 0 Å². The van der Waals surface area contributed by atoms with E-state index < -0.39 is 29.0 Å². The number of hydrogen-bond donors (Lipinski definition) is 4. The second-order valence-corrected chi connectivity index (χ2v) is 5.95. The van der Waals surface area contributed by atoms with E-state index in [0.29, 0.717) is 11.8 Å². The standard InChI is InChI=1S/C18H18F3N5O2/c1-26(2)17(28)13-11(18(19,20)21)8-9-12(14(13)27)25-16(23)15(22)24-10-6-4-3-5-7-10/h3-9,27H,1-2H3,(H2,22,24)(H2,23,25)/p+1. The molecule has 0 bridgehead atoms. The molecular weight excluding hydrogens is 375 g/mol. The molecule has 0 aliphatic heterocycles. The number of carbonyl (C=O) groups is 1. The highest BCUT2D eigenvalue weighted by Crippen LogP contribution is 2.38. The molecule has 0 spiro atoms. The van der Waals surface area contributed by atoms with E-state index in [4.69, 9.17) is 11.5 Å². The lowest BCUT2D eigenvalue weighted by atomic mass is 10.0. The number of hydrogen-bond acceptors (Lipinski definition) is 3. The Bertz CT molecular complexity index is 938. The van der Waals surface area contributed by atoms with Gasteiger partial charge in [-0.05, 0) is 24.3 Å². The highest BCUT2D eigenvalue weighted by molar-refractivity contribution is 6.37. The topological polar surface area (TPSA) is 119 Å². The third-order valence-electron chi connectivity index (χ3n) is 3.65. The molecule has 0 atom stereocenters. The van der Waals surface area contributed by atoms with Crippen LogP contribution in [0.3, 0.4) is 0 Å². The number of rotatable bonds is 3. The Balaban J connectivity index is 2.54. The van der Waals surface area contributed by atoms with E-state index in [2.05, 4.69) is 9.98 Å². The molecule has 10 heteroatoms. The molecule has 0 radical (unpaired) electrons. The molecule has 0 saturated heterocycles. The lowest BCUT2D eigenvalue weighted by molar-refractivity contribution is -0.353. The highest BCUT2D eigenvalue weighted by Gasteiger charge is 2.38. The minimum atomic E-state index is -4.83. The van der Waals surface area contributed by atoms with Crippen LogP contribution >= 0.6 is 0 Å². The molecule has 0 unspecified atom stereocenters. The number of halogens is 3.